The first-order valence-corrected chi connectivity index (χ1v) is 5.50. The summed E-state index contributed by atoms with van der Waals surface area (Å²) in [4.78, 5) is 15.5. The van der Waals surface area contributed by atoms with Gasteiger partial charge in [-0.2, -0.15) is 0 Å². The highest BCUT2D eigenvalue weighted by Gasteiger charge is 2.18. The molecule has 7 heteroatoms. The van der Waals surface area contributed by atoms with Crippen molar-refractivity contribution in [3.63, 3.8) is 0 Å². The number of pyridine rings is 1. The lowest BCUT2D eigenvalue weighted by atomic mass is 10.1. The Kier molecular flexibility index (Phi) is 3.57. The van der Waals surface area contributed by atoms with E-state index < -0.39 is 17.6 Å². The highest BCUT2D eigenvalue weighted by Crippen LogP contribution is 2.28. The van der Waals surface area contributed by atoms with Gasteiger partial charge in [-0.15, -0.1) is 0 Å². The third-order valence-electron chi connectivity index (χ3n) is 2.53. The van der Waals surface area contributed by atoms with Gasteiger partial charge in [0.1, 0.15) is 16.9 Å². The van der Waals surface area contributed by atoms with E-state index in [0.717, 1.165) is 12.3 Å². The van der Waals surface area contributed by atoms with Gasteiger partial charge in [-0.05, 0) is 13.0 Å². The molecule has 0 spiro atoms. The van der Waals surface area contributed by atoms with Crippen molar-refractivity contribution in [2.45, 2.75) is 6.92 Å². The van der Waals surface area contributed by atoms with Crippen LogP contribution < -0.4 is 11.3 Å². The van der Waals surface area contributed by atoms with Crippen LogP contribution >= 0.6 is 0 Å². The Balaban J connectivity index is 2.72. The van der Waals surface area contributed by atoms with Crippen molar-refractivity contribution in [2.24, 2.45) is 5.84 Å². The number of esters is 1. The van der Waals surface area contributed by atoms with Gasteiger partial charge in [-0.3, -0.25) is 10.8 Å². The highest BCUT2D eigenvalue weighted by molar-refractivity contribution is 6.04. The quantitative estimate of drug-likeness (QED) is 0.505. The number of nitrogen functional groups attached to an aromatic ring is 1. The van der Waals surface area contributed by atoms with Gasteiger partial charge in [0.05, 0.1) is 12.3 Å². The van der Waals surface area contributed by atoms with Crippen molar-refractivity contribution in [3.05, 3.63) is 35.5 Å². The molecule has 0 radical (unpaired) electrons. The molecule has 0 bridgehead atoms. The number of ether oxygens (including phenoxy) is 1. The minimum atomic E-state index is -0.832. The van der Waals surface area contributed by atoms with Crippen LogP contribution in [-0.2, 0) is 4.74 Å². The van der Waals surface area contributed by atoms with Crippen molar-refractivity contribution < 1.29 is 18.3 Å². The molecule has 3 N–H and O–H groups in total. The van der Waals surface area contributed by atoms with Crippen molar-refractivity contribution >= 4 is 22.6 Å². The molecule has 100 valence electrons. The number of rotatable bonds is 3. The van der Waals surface area contributed by atoms with E-state index >= 15 is 0 Å². The van der Waals surface area contributed by atoms with Gasteiger partial charge in [-0.25, -0.2) is 13.6 Å². The first kappa shape index (κ1) is 13.2. The minimum Gasteiger partial charge on any atom is -0.462 e. The number of hydrogen-bond donors (Lipinski definition) is 2. The second-order valence-corrected chi connectivity index (χ2v) is 3.70. The maximum absolute atomic E-state index is 13.6. The van der Waals surface area contributed by atoms with E-state index in [9.17, 15) is 13.6 Å². The summed E-state index contributed by atoms with van der Waals surface area (Å²) in [7, 11) is 0. The first-order valence-electron chi connectivity index (χ1n) is 5.50. The van der Waals surface area contributed by atoms with Gasteiger partial charge in [0, 0.05) is 17.6 Å². The smallest absolute Gasteiger partial charge is 0.341 e. The molecule has 1 aromatic carbocycles. The van der Waals surface area contributed by atoms with Gasteiger partial charge in [0.2, 0.25) is 0 Å². The number of carbonyl (C=O) groups excluding carboxylic acids is 1. The third-order valence-corrected chi connectivity index (χ3v) is 2.53. The van der Waals surface area contributed by atoms with E-state index in [1.807, 2.05) is 0 Å². The largest absolute Gasteiger partial charge is 0.462 e. The van der Waals surface area contributed by atoms with E-state index in [0.29, 0.717) is 6.07 Å². The van der Waals surface area contributed by atoms with E-state index in [1.165, 1.54) is 0 Å². The van der Waals surface area contributed by atoms with E-state index in [-0.39, 0.29) is 28.8 Å². The summed E-state index contributed by atoms with van der Waals surface area (Å²) < 4.78 is 31.6. The average Bonchev–Trinajstić information content (AvgIpc) is 2.37. The van der Waals surface area contributed by atoms with E-state index in [2.05, 4.69) is 10.4 Å². The number of aromatic nitrogens is 1. The molecule has 0 saturated carbocycles. The predicted octanol–water partition coefficient (Wildman–Crippen LogP) is 1.98. The van der Waals surface area contributed by atoms with Crippen LogP contribution in [0.25, 0.3) is 10.9 Å². The molecule has 0 fully saturated rings. The minimum absolute atomic E-state index is 0.0156. The number of nitrogens with two attached hydrogens (primary N) is 1. The molecule has 0 atom stereocenters. The Morgan fingerprint density at radius 2 is 2.21 bits per heavy atom. The van der Waals surface area contributed by atoms with Crippen LogP contribution in [0.2, 0.25) is 0 Å². The van der Waals surface area contributed by atoms with Crippen molar-refractivity contribution in [2.75, 3.05) is 12.0 Å². The molecule has 0 saturated heterocycles. The van der Waals surface area contributed by atoms with Crippen LogP contribution in [0.4, 0.5) is 14.5 Å². The summed E-state index contributed by atoms with van der Waals surface area (Å²) >= 11 is 0. The number of nitrogens with one attached hydrogen (secondary N) is 1. The van der Waals surface area contributed by atoms with Crippen molar-refractivity contribution in [1.29, 1.82) is 0 Å². The average molecular weight is 267 g/mol. The van der Waals surface area contributed by atoms with Crippen LogP contribution in [0.3, 0.4) is 0 Å². The number of carbonyl (C=O) groups is 1. The Labute approximate surface area is 107 Å². The second kappa shape index (κ2) is 5.15. The van der Waals surface area contributed by atoms with Crippen LogP contribution in [0.15, 0.2) is 18.3 Å². The molecule has 2 aromatic rings. The molecule has 19 heavy (non-hydrogen) atoms. The number of hydrogen-bond acceptors (Lipinski definition) is 5. The lowest BCUT2D eigenvalue weighted by molar-refractivity contribution is 0.0527. The zero-order valence-electron chi connectivity index (χ0n) is 10.0. The van der Waals surface area contributed by atoms with E-state index in [1.54, 1.807) is 6.92 Å². The zero-order valence-corrected chi connectivity index (χ0v) is 10.0. The molecule has 1 heterocycles. The molecular weight excluding hydrogens is 256 g/mol. The topological polar surface area (TPSA) is 77.2 Å². The monoisotopic (exact) mass is 267 g/mol. The fourth-order valence-corrected chi connectivity index (χ4v) is 1.75. The normalized spacial score (nSPS) is 10.5. The molecular formula is C12H11F2N3O2. The summed E-state index contributed by atoms with van der Waals surface area (Å²) in [5, 5.41) is 0.0746. The van der Waals surface area contributed by atoms with Crippen LogP contribution in [0.5, 0.6) is 0 Å². The van der Waals surface area contributed by atoms with Gasteiger partial charge < -0.3 is 10.2 Å². The summed E-state index contributed by atoms with van der Waals surface area (Å²) in [5.41, 5.74) is 2.26. The molecule has 0 amide bonds. The van der Waals surface area contributed by atoms with Crippen LogP contribution in [0, 0.1) is 11.6 Å². The first-order chi connectivity index (χ1) is 9.08. The SMILES string of the molecule is CCOC(=O)c1cnc2c(F)cc(F)cc2c1NN. The zero-order chi connectivity index (χ0) is 14.0. The van der Waals surface area contributed by atoms with Crippen LogP contribution in [0.1, 0.15) is 17.3 Å². The summed E-state index contributed by atoms with van der Waals surface area (Å²) in [6.07, 6.45) is 1.14. The number of fused-ring (bicyclic) bond motifs is 1. The molecule has 5 nitrogen and oxygen atoms in total. The molecule has 0 aliphatic heterocycles. The number of nitrogens with zero attached hydrogens (tertiary/aromatic N) is 1. The molecule has 1 aromatic heterocycles. The molecule has 0 aliphatic carbocycles. The van der Waals surface area contributed by atoms with E-state index in [4.69, 9.17) is 10.6 Å². The predicted molar refractivity (Wildman–Crippen MR) is 65.4 cm³/mol. The Morgan fingerprint density at radius 1 is 1.47 bits per heavy atom. The van der Waals surface area contributed by atoms with Gasteiger partial charge in [0.15, 0.2) is 5.82 Å². The van der Waals surface area contributed by atoms with Crippen molar-refractivity contribution in [3.8, 4) is 0 Å². The van der Waals surface area contributed by atoms with Crippen LogP contribution in [-0.4, -0.2) is 17.6 Å². The molecule has 2 rings (SSSR count). The van der Waals surface area contributed by atoms with Gasteiger partial charge in [0.25, 0.3) is 0 Å². The van der Waals surface area contributed by atoms with Gasteiger partial charge >= 0.3 is 5.97 Å². The number of hydrazine groups is 1. The fraction of sp³-hybridized carbons (Fsp3) is 0.167. The Morgan fingerprint density at radius 3 is 2.84 bits per heavy atom. The highest BCUT2D eigenvalue weighted by atomic mass is 19.1. The summed E-state index contributed by atoms with van der Waals surface area (Å²) in [5.74, 6) is 3.03. The Bertz CT molecular complexity index is 646. The number of benzene rings is 1. The number of halogens is 2. The second-order valence-electron chi connectivity index (χ2n) is 3.70. The Hall–Kier alpha value is -2.28. The van der Waals surface area contributed by atoms with Crippen molar-refractivity contribution in [1.82, 2.24) is 4.98 Å². The third kappa shape index (κ3) is 2.32. The fourth-order valence-electron chi connectivity index (χ4n) is 1.75. The lowest BCUT2D eigenvalue weighted by Crippen LogP contribution is -2.15. The summed E-state index contributed by atoms with van der Waals surface area (Å²) in [6, 6.07) is 1.75. The standard InChI is InChI=1S/C12H11F2N3O2/c1-2-19-12(18)8-5-16-11-7(10(8)17-15)3-6(13)4-9(11)14/h3-5H,2,15H2,1H3,(H,16,17). The maximum Gasteiger partial charge on any atom is 0.341 e. The molecule has 0 aliphatic rings. The number of anilines is 1. The lowest BCUT2D eigenvalue weighted by Gasteiger charge is -2.11. The summed E-state index contributed by atoms with van der Waals surface area (Å²) in [6.45, 7) is 1.81. The molecule has 0 unspecified atom stereocenters. The van der Waals surface area contributed by atoms with Gasteiger partial charge in [-0.1, -0.05) is 0 Å². The maximum atomic E-state index is 13.6.